The molecule has 1 heterocycles. The van der Waals surface area contributed by atoms with Crippen LogP contribution in [0.15, 0.2) is 90.0 Å². The van der Waals surface area contributed by atoms with Crippen LogP contribution in [0.5, 0.6) is 0 Å². The lowest BCUT2D eigenvalue weighted by Crippen LogP contribution is -2.48. The highest BCUT2D eigenvalue weighted by Crippen LogP contribution is 2.32. The number of carbonyl (C=O) groups is 1. The Balaban J connectivity index is 1.79. The van der Waals surface area contributed by atoms with Crippen LogP contribution < -0.4 is 5.01 Å². The molecule has 1 aliphatic rings. The zero-order valence-electron chi connectivity index (χ0n) is 14.4. The predicted molar refractivity (Wildman–Crippen MR) is 102 cm³/mol. The first-order valence-electron chi connectivity index (χ1n) is 8.59. The van der Waals surface area contributed by atoms with Gasteiger partial charge in [-0.1, -0.05) is 60.7 Å². The van der Waals surface area contributed by atoms with Crippen LogP contribution in [0.2, 0.25) is 0 Å². The molecule has 0 aliphatic carbocycles. The number of hydrogen-bond acceptors (Lipinski definition) is 3. The van der Waals surface area contributed by atoms with E-state index >= 15 is 0 Å². The third-order valence-corrected chi connectivity index (χ3v) is 4.56. The molecule has 4 nitrogen and oxygen atoms in total. The first-order valence-corrected chi connectivity index (χ1v) is 8.59. The van der Waals surface area contributed by atoms with E-state index in [0.29, 0.717) is 16.8 Å². The zero-order valence-corrected chi connectivity index (χ0v) is 14.4. The number of carbonyl (C=O) groups excluding carboxylic acids is 1. The number of rotatable bonds is 4. The van der Waals surface area contributed by atoms with Crippen LogP contribution >= 0.6 is 0 Å². The molecule has 5 heteroatoms. The highest BCUT2D eigenvalue weighted by atomic mass is 19.1. The quantitative estimate of drug-likeness (QED) is 0.774. The van der Waals surface area contributed by atoms with Gasteiger partial charge in [0.25, 0.3) is 5.91 Å². The summed E-state index contributed by atoms with van der Waals surface area (Å²) in [5, 5.41) is 17.1. The number of halogens is 1. The molecule has 0 bridgehead atoms. The SMILES string of the molecule is O=C1N(c2ccccc2)N=C(c2ccccc2)[C@@]1(O)Cc1ccc(F)cc1. The number of hydrazone groups is 1. The Labute approximate surface area is 156 Å². The van der Waals surface area contributed by atoms with Crippen molar-refractivity contribution in [3.63, 3.8) is 0 Å². The van der Waals surface area contributed by atoms with Crippen molar-refractivity contribution in [3.8, 4) is 0 Å². The second kappa shape index (κ2) is 6.78. The maximum Gasteiger partial charge on any atom is 0.286 e. The molecule has 134 valence electrons. The number of anilines is 1. The normalized spacial score (nSPS) is 19.3. The molecule has 1 atom stereocenters. The summed E-state index contributed by atoms with van der Waals surface area (Å²) < 4.78 is 13.2. The molecule has 27 heavy (non-hydrogen) atoms. The van der Waals surface area contributed by atoms with E-state index in [-0.39, 0.29) is 17.9 Å². The van der Waals surface area contributed by atoms with Crippen molar-refractivity contribution in [1.29, 1.82) is 0 Å². The average Bonchev–Trinajstić information content (AvgIpc) is 2.96. The van der Waals surface area contributed by atoms with E-state index in [1.807, 2.05) is 24.3 Å². The summed E-state index contributed by atoms with van der Waals surface area (Å²) in [5.74, 6) is -0.900. The van der Waals surface area contributed by atoms with E-state index in [4.69, 9.17) is 0 Å². The van der Waals surface area contributed by atoms with Gasteiger partial charge in [0.1, 0.15) is 11.5 Å². The summed E-state index contributed by atoms with van der Waals surface area (Å²) in [6.07, 6.45) is 0.00315. The number of amides is 1. The van der Waals surface area contributed by atoms with Crippen LogP contribution in [0.1, 0.15) is 11.1 Å². The third kappa shape index (κ3) is 3.13. The predicted octanol–water partition coefficient (Wildman–Crippen LogP) is 3.55. The monoisotopic (exact) mass is 360 g/mol. The van der Waals surface area contributed by atoms with Crippen molar-refractivity contribution in [2.24, 2.45) is 5.10 Å². The lowest BCUT2D eigenvalue weighted by atomic mass is 9.86. The third-order valence-electron chi connectivity index (χ3n) is 4.56. The van der Waals surface area contributed by atoms with Crippen LogP contribution in [-0.4, -0.2) is 22.3 Å². The number of para-hydroxylation sites is 1. The molecule has 0 aromatic heterocycles. The molecule has 0 saturated heterocycles. The Kier molecular flexibility index (Phi) is 4.30. The molecular weight excluding hydrogens is 343 g/mol. The average molecular weight is 360 g/mol. The molecule has 1 N–H and O–H groups in total. The molecule has 0 spiro atoms. The van der Waals surface area contributed by atoms with Crippen LogP contribution in [0.3, 0.4) is 0 Å². The topological polar surface area (TPSA) is 52.9 Å². The first kappa shape index (κ1) is 17.1. The molecule has 1 aliphatic heterocycles. The Bertz CT molecular complexity index is 988. The van der Waals surface area contributed by atoms with Gasteiger partial charge in [0.2, 0.25) is 0 Å². The van der Waals surface area contributed by atoms with Gasteiger partial charge in [-0.3, -0.25) is 4.79 Å². The Hall–Kier alpha value is -3.31. The maximum absolute atomic E-state index is 13.2. The van der Waals surface area contributed by atoms with Crippen LogP contribution in [0.25, 0.3) is 0 Å². The van der Waals surface area contributed by atoms with Crippen LogP contribution in [0.4, 0.5) is 10.1 Å². The van der Waals surface area contributed by atoms with Crippen molar-refractivity contribution < 1.29 is 14.3 Å². The Morgan fingerprint density at radius 2 is 1.48 bits per heavy atom. The molecule has 0 unspecified atom stereocenters. The number of nitrogens with zero attached hydrogens (tertiary/aromatic N) is 2. The summed E-state index contributed by atoms with van der Waals surface area (Å²) in [7, 11) is 0. The van der Waals surface area contributed by atoms with Gasteiger partial charge < -0.3 is 5.11 Å². The molecule has 3 aromatic rings. The number of aliphatic hydroxyl groups is 1. The molecular formula is C22H17FN2O2. The fraction of sp³-hybridized carbons (Fsp3) is 0.0909. The lowest BCUT2D eigenvalue weighted by molar-refractivity contribution is -0.129. The minimum atomic E-state index is -1.84. The standard InChI is InChI=1S/C22H17FN2O2/c23-18-13-11-16(12-14-18)15-22(27)20(17-7-3-1-4-8-17)24-25(21(22)26)19-9-5-2-6-10-19/h1-14,27H,15H2/t22-/m0/s1. The van der Waals surface area contributed by atoms with Gasteiger partial charge in [-0.2, -0.15) is 10.1 Å². The van der Waals surface area contributed by atoms with E-state index < -0.39 is 11.5 Å². The summed E-state index contributed by atoms with van der Waals surface area (Å²) >= 11 is 0. The molecule has 4 rings (SSSR count). The van der Waals surface area contributed by atoms with E-state index in [1.165, 1.54) is 17.1 Å². The molecule has 3 aromatic carbocycles. The van der Waals surface area contributed by atoms with Gasteiger partial charge in [-0.25, -0.2) is 4.39 Å². The first-order chi connectivity index (χ1) is 13.1. The highest BCUT2D eigenvalue weighted by Gasteiger charge is 2.50. The highest BCUT2D eigenvalue weighted by molar-refractivity contribution is 6.27. The van der Waals surface area contributed by atoms with Crippen molar-refractivity contribution in [2.75, 3.05) is 5.01 Å². The summed E-state index contributed by atoms with van der Waals surface area (Å²) in [5.41, 5.74) is 0.321. The smallest absolute Gasteiger partial charge is 0.286 e. The molecule has 1 amide bonds. The lowest BCUT2D eigenvalue weighted by Gasteiger charge is -2.23. The fourth-order valence-corrected chi connectivity index (χ4v) is 3.20. The molecule has 0 saturated carbocycles. The number of benzene rings is 3. The van der Waals surface area contributed by atoms with Gasteiger partial charge >= 0.3 is 0 Å². The minimum Gasteiger partial charge on any atom is -0.374 e. The number of hydrogen-bond donors (Lipinski definition) is 1. The van der Waals surface area contributed by atoms with E-state index in [0.717, 1.165) is 0 Å². The molecule has 0 fully saturated rings. The second-order valence-electron chi connectivity index (χ2n) is 6.43. The van der Waals surface area contributed by atoms with Crippen molar-refractivity contribution >= 4 is 17.3 Å². The summed E-state index contributed by atoms with van der Waals surface area (Å²) in [6, 6.07) is 23.8. The summed E-state index contributed by atoms with van der Waals surface area (Å²) in [6.45, 7) is 0. The van der Waals surface area contributed by atoms with Gasteiger partial charge in [-0.15, -0.1) is 0 Å². The van der Waals surface area contributed by atoms with E-state index in [2.05, 4.69) is 5.10 Å². The fourth-order valence-electron chi connectivity index (χ4n) is 3.20. The van der Waals surface area contributed by atoms with Crippen molar-refractivity contribution in [1.82, 2.24) is 0 Å². The largest absolute Gasteiger partial charge is 0.374 e. The van der Waals surface area contributed by atoms with Crippen molar-refractivity contribution in [2.45, 2.75) is 12.0 Å². The minimum absolute atomic E-state index is 0.00315. The Morgan fingerprint density at radius 3 is 2.11 bits per heavy atom. The van der Waals surface area contributed by atoms with Crippen LogP contribution in [-0.2, 0) is 11.2 Å². The van der Waals surface area contributed by atoms with E-state index in [1.54, 1.807) is 48.5 Å². The van der Waals surface area contributed by atoms with Gasteiger partial charge in [0, 0.05) is 12.0 Å². The summed E-state index contributed by atoms with van der Waals surface area (Å²) in [4.78, 5) is 13.2. The van der Waals surface area contributed by atoms with Crippen molar-refractivity contribution in [3.05, 3.63) is 102 Å². The maximum atomic E-state index is 13.2. The van der Waals surface area contributed by atoms with Crippen LogP contribution in [0, 0.1) is 5.82 Å². The van der Waals surface area contributed by atoms with Gasteiger partial charge in [0.05, 0.1) is 5.69 Å². The van der Waals surface area contributed by atoms with E-state index in [9.17, 15) is 14.3 Å². The second-order valence-corrected chi connectivity index (χ2v) is 6.43. The van der Waals surface area contributed by atoms with Gasteiger partial charge in [-0.05, 0) is 29.8 Å². The molecule has 0 radical (unpaired) electrons. The zero-order chi connectivity index (χ0) is 18.9. The van der Waals surface area contributed by atoms with Gasteiger partial charge in [0.15, 0.2) is 5.60 Å². The Morgan fingerprint density at radius 1 is 0.889 bits per heavy atom.